The second kappa shape index (κ2) is 7.03. The monoisotopic (exact) mass is 326 g/mol. The van der Waals surface area contributed by atoms with E-state index in [1.165, 1.54) is 0 Å². The smallest absolute Gasteiger partial charge is 0.224 e. The second-order valence-electron chi connectivity index (χ2n) is 5.38. The molecule has 0 saturated carbocycles. The lowest BCUT2D eigenvalue weighted by atomic mass is 10.1. The normalized spacial score (nSPS) is 10.8. The molecule has 0 unspecified atom stereocenters. The van der Waals surface area contributed by atoms with Gasteiger partial charge < -0.3 is 9.84 Å². The van der Waals surface area contributed by atoms with Gasteiger partial charge in [0.05, 0.1) is 24.9 Å². The Morgan fingerprint density at radius 3 is 2.88 bits per heavy atom. The summed E-state index contributed by atoms with van der Waals surface area (Å²) in [5.41, 5.74) is 3.07. The van der Waals surface area contributed by atoms with E-state index in [0.717, 1.165) is 22.6 Å². The first-order valence-corrected chi connectivity index (χ1v) is 7.62. The molecule has 3 aromatic heterocycles. The van der Waals surface area contributed by atoms with Crippen molar-refractivity contribution in [3.8, 4) is 11.4 Å². The quantitative estimate of drug-likeness (QED) is 0.733. The summed E-state index contributed by atoms with van der Waals surface area (Å²) in [4.78, 5) is 20.2. The highest BCUT2D eigenvalue weighted by molar-refractivity contribution is 5.78. The zero-order valence-corrected chi connectivity index (χ0v) is 13.6. The average molecular weight is 326 g/mol. The summed E-state index contributed by atoms with van der Waals surface area (Å²) >= 11 is 0. The van der Waals surface area contributed by atoms with Crippen molar-refractivity contribution in [2.24, 2.45) is 0 Å². The highest BCUT2D eigenvalue weighted by Crippen LogP contribution is 2.13. The van der Waals surface area contributed by atoms with Gasteiger partial charge in [0.25, 0.3) is 0 Å². The van der Waals surface area contributed by atoms with Crippen molar-refractivity contribution in [3.63, 3.8) is 0 Å². The van der Waals surface area contributed by atoms with Crippen molar-refractivity contribution >= 4 is 5.91 Å². The van der Waals surface area contributed by atoms with Crippen LogP contribution in [-0.2, 0) is 17.8 Å². The molecular formula is C16H18N6O2. The van der Waals surface area contributed by atoms with Crippen molar-refractivity contribution in [1.82, 2.24) is 30.2 Å². The van der Waals surface area contributed by atoms with Crippen molar-refractivity contribution in [1.29, 1.82) is 0 Å². The van der Waals surface area contributed by atoms with E-state index < -0.39 is 0 Å². The van der Waals surface area contributed by atoms with E-state index in [1.807, 2.05) is 19.2 Å². The summed E-state index contributed by atoms with van der Waals surface area (Å²) in [6, 6.07) is 1.87. The van der Waals surface area contributed by atoms with E-state index in [0.29, 0.717) is 18.8 Å². The number of carbonyl (C=O) groups is 1. The molecule has 124 valence electrons. The van der Waals surface area contributed by atoms with Crippen LogP contribution in [-0.4, -0.2) is 37.4 Å². The lowest BCUT2D eigenvalue weighted by Crippen LogP contribution is -2.29. The summed E-state index contributed by atoms with van der Waals surface area (Å²) in [5.74, 6) is 0.619. The summed E-state index contributed by atoms with van der Waals surface area (Å²) < 4.78 is 6.82. The fraction of sp³-hybridized carbons (Fsp3) is 0.312. The van der Waals surface area contributed by atoms with Gasteiger partial charge in [0.15, 0.2) is 0 Å². The molecule has 0 fully saturated rings. The molecule has 1 N–H and O–H groups in total. The van der Waals surface area contributed by atoms with E-state index >= 15 is 0 Å². The number of rotatable bonds is 6. The van der Waals surface area contributed by atoms with E-state index in [2.05, 4.69) is 25.5 Å². The zero-order valence-electron chi connectivity index (χ0n) is 13.6. The van der Waals surface area contributed by atoms with Crippen LogP contribution in [0.25, 0.3) is 11.4 Å². The maximum absolute atomic E-state index is 12.0. The third kappa shape index (κ3) is 3.65. The van der Waals surface area contributed by atoms with Crippen LogP contribution in [0.4, 0.5) is 0 Å². The van der Waals surface area contributed by atoms with Gasteiger partial charge >= 0.3 is 0 Å². The Kier molecular flexibility index (Phi) is 4.64. The Labute approximate surface area is 138 Å². The first-order chi connectivity index (χ1) is 11.6. The third-order valence-electron chi connectivity index (χ3n) is 3.65. The predicted octanol–water partition coefficient (Wildman–Crippen LogP) is 1.30. The number of aromatic nitrogens is 5. The van der Waals surface area contributed by atoms with Gasteiger partial charge in [-0.05, 0) is 19.9 Å². The topological polar surface area (TPSA) is 98.7 Å². The largest absolute Gasteiger partial charge is 0.361 e. The van der Waals surface area contributed by atoms with Crippen LogP contribution in [0.5, 0.6) is 0 Å². The van der Waals surface area contributed by atoms with Gasteiger partial charge in [0.2, 0.25) is 5.91 Å². The highest BCUT2D eigenvalue weighted by Gasteiger charge is 2.13. The minimum Gasteiger partial charge on any atom is -0.361 e. The maximum atomic E-state index is 12.0. The molecule has 8 nitrogen and oxygen atoms in total. The zero-order chi connectivity index (χ0) is 16.9. The molecule has 8 heteroatoms. The fourth-order valence-electron chi connectivity index (χ4n) is 2.34. The third-order valence-corrected chi connectivity index (χ3v) is 3.65. The van der Waals surface area contributed by atoms with Crippen LogP contribution in [0.3, 0.4) is 0 Å². The molecule has 3 rings (SSSR count). The number of hydrogen-bond acceptors (Lipinski definition) is 6. The molecule has 0 spiro atoms. The number of amides is 1. The van der Waals surface area contributed by atoms with E-state index in [-0.39, 0.29) is 12.3 Å². The van der Waals surface area contributed by atoms with Crippen LogP contribution < -0.4 is 5.32 Å². The molecule has 0 aliphatic carbocycles. The van der Waals surface area contributed by atoms with Crippen molar-refractivity contribution < 1.29 is 9.32 Å². The van der Waals surface area contributed by atoms with Gasteiger partial charge in [0.1, 0.15) is 17.1 Å². The number of nitrogens with one attached hydrogen (secondary N) is 1. The van der Waals surface area contributed by atoms with Crippen LogP contribution in [0.1, 0.15) is 17.0 Å². The van der Waals surface area contributed by atoms with Gasteiger partial charge in [-0.25, -0.2) is 0 Å². The number of aryl methyl sites for hydroxylation is 2. The minimum absolute atomic E-state index is 0.0642. The molecule has 3 aromatic rings. The Morgan fingerprint density at radius 2 is 2.17 bits per heavy atom. The Balaban J connectivity index is 1.50. The second-order valence-corrected chi connectivity index (χ2v) is 5.38. The Morgan fingerprint density at radius 1 is 1.29 bits per heavy atom. The van der Waals surface area contributed by atoms with E-state index in [1.54, 1.807) is 30.2 Å². The summed E-state index contributed by atoms with van der Waals surface area (Å²) in [6.07, 6.45) is 7.03. The average Bonchev–Trinajstić information content (AvgIpc) is 3.18. The van der Waals surface area contributed by atoms with Gasteiger partial charge in [-0.2, -0.15) is 5.10 Å². The van der Waals surface area contributed by atoms with Crippen molar-refractivity contribution in [3.05, 3.63) is 47.9 Å². The van der Waals surface area contributed by atoms with Crippen molar-refractivity contribution in [2.45, 2.75) is 26.8 Å². The molecule has 0 atom stereocenters. The molecule has 1 amide bonds. The molecule has 0 aliphatic heterocycles. The number of carbonyl (C=O) groups excluding carboxylic acids is 1. The molecule has 0 aliphatic rings. The molecule has 0 aromatic carbocycles. The predicted molar refractivity (Wildman–Crippen MR) is 85.9 cm³/mol. The van der Waals surface area contributed by atoms with E-state index in [9.17, 15) is 4.79 Å². The summed E-state index contributed by atoms with van der Waals surface area (Å²) in [7, 11) is 0. The molecule has 0 bridgehead atoms. The Hall–Kier alpha value is -3.03. The lowest BCUT2D eigenvalue weighted by molar-refractivity contribution is -0.120. The van der Waals surface area contributed by atoms with Crippen LogP contribution in [0, 0.1) is 13.8 Å². The first kappa shape index (κ1) is 15.9. The number of nitrogens with zero attached hydrogens (tertiary/aromatic N) is 5. The Bertz CT molecular complexity index is 805. The van der Waals surface area contributed by atoms with E-state index in [4.69, 9.17) is 4.52 Å². The number of hydrogen-bond donors (Lipinski definition) is 1. The van der Waals surface area contributed by atoms with Gasteiger partial charge in [-0.1, -0.05) is 5.16 Å². The molecule has 24 heavy (non-hydrogen) atoms. The summed E-state index contributed by atoms with van der Waals surface area (Å²) in [6.45, 7) is 4.70. The van der Waals surface area contributed by atoms with Gasteiger partial charge in [0, 0.05) is 30.7 Å². The lowest BCUT2D eigenvalue weighted by Gasteiger charge is -2.05. The summed E-state index contributed by atoms with van der Waals surface area (Å²) in [5, 5.41) is 11.1. The molecule has 0 radical (unpaired) electrons. The fourth-order valence-corrected chi connectivity index (χ4v) is 2.34. The first-order valence-electron chi connectivity index (χ1n) is 7.62. The minimum atomic E-state index is -0.0642. The van der Waals surface area contributed by atoms with Gasteiger partial charge in [-0.3, -0.25) is 19.4 Å². The highest BCUT2D eigenvalue weighted by atomic mass is 16.5. The van der Waals surface area contributed by atoms with Crippen LogP contribution in [0.2, 0.25) is 0 Å². The molecule has 0 saturated heterocycles. The standard InChI is InChI=1S/C16H18N6O2/c1-11-13(12(2)24-21-11)9-16(23)19-6-8-22-7-3-14(20-22)15-10-17-4-5-18-15/h3-5,7,10H,6,8-9H2,1-2H3,(H,19,23). The SMILES string of the molecule is Cc1noc(C)c1CC(=O)NCCn1ccc(-c2cnccn2)n1. The molecule has 3 heterocycles. The van der Waals surface area contributed by atoms with Crippen LogP contribution in [0.15, 0.2) is 35.4 Å². The van der Waals surface area contributed by atoms with Gasteiger partial charge in [-0.15, -0.1) is 0 Å². The molecular weight excluding hydrogens is 308 g/mol. The maximum Gasteiger partial charge on any atom is 0.224 e. The van der Waals surface area contributed by atoms with Crippen LogP contribution >= 0.6 is 0 Å². The van der Waals surface area contributed by atoms with Crippen molar-refractivity contribution in [2.75, 3.05) is 6.54 Å².